The summed E-state index contributed by atoms with van der Waals surface area (Å²) in [6.07, 6.45) is 5.14. The Morgan fingerprint density at radius 2 is 1.96 bits per heavy atom. The molecule has 0 unspecified atom stereocenters. The Hall–Kier alpha value is -2.59. The Labute approximate surface area is 153 Å². The van der Waals surface area contributed by atoms with Crippen LogP contribution in [0.5, 0.6) is 0 Å². The van der Waals surface area contributed by atoms with Crippen LogP contribution in [0.15, 0.2) is 53.0 Å². The van der Waals surface area contributed by atoms with Gasteiger partial charge in [0.15, 0.2) is 0 Å². The maximum Gasteiger partial charge on any atom is 0.286 e. The number of hydrogen-bond acceptors (Lipinski definition) is 7. The van der Waals surface area contributed by atoms with E-state index < -0.39 is 20.7 Å². The zero-order chi connectivity index (χ0) is 18.1. The van der Waals surface area contributed by atoms with Crippen LogP contribution in [0.3, 0.4) is 0 Å². The molecule has 2 heterocycles. The van der Waals surface area contributed by atoms with E-state index >= 15 is 0 Å². The van der Waals surface area contributed by atoms with Crippen molar-refractivity contribution in [1.29, 1.82) is 0 Å². The molecule has 10 heteroatoms. The summed E-state index contributed by atoms with van der Waals surface area (Å²) in [7, 11) is -4.26. The van der Waals surface area contributed by atoms with Gasteiger partial charge in [0.05, 0.1) is 0 Å². The van der Waals surface area contributed by atoms with E-state index in [4.69, 9.17) is 0 Å². The van der Waals surface area contributed by atoms with Gasteiger partial charge in [-0.3, -0.25) is 0 Å². The highest BCUT2D eigenvalue weighted by atomic mass is 32.2. The number of nitrogens with zero attached hydrogens (tertiary/aromatic N) is 4. The second-order valence-electron chi connectivity index (χ2n) is 5.71. The summed E-state index contributed by atoms with van der Waals surface area (Å²) in [6.45, 7) is 0. The summed E-state index contributed by atoms with van der Waals surface area (Å²) in [5.41, 5.74) is 3.53. The van der Waals surface area contributed by atoms with Gasteiger partial charge in [-0.25, -0.2) is 24.8 Å². The van der Waals surface area contributed by atoms with Crippen molar-refractivity contribution in [2.45, 2.75) is 23.7 Å². The minimum Gasteiger partial charge on any atom is -0.249 e. The van der Waals surface area contributed by atoms with E-state index in [1.807, 2.05) is 6.07 Å². The van der Waals surface area contributed by atoms with E-state index in [0.29, 0.717) is 5.92 Å². The average molecular weight is 391 g/mol. The molecule has 1 saturated carbocycles. The fourth-order valence-corrected chi connectivity index (χ4v) is 4.55. The van der Waals surface area contributed by atoms with E-state index in [9.17, 15) is 12.8 Å². The number of thiazole rings is 1. The Morgan fingerprint density at radius 3 is 2.65 bits per heavy atom. The Morgan fingerprint density at radius 1 is 1.15 bits per heavy atom. The van der Waals surface area contributed by atoms with Crippen molar-refractivity contribution in [1.82, 2.24) is 15.0 Å². The Kier molecular flexibility index (Phi) is 4.29. The van der Waals surface area contributed by atoms with Crippen LogP contribution in [0.25, 0.3) is 0 Å². The lowest BCUT2D eigenvalue weighted by molar-refractivity contribution is 0.565. The fourth-order valence-electron chi connectivity index (χ4n) is 2.40. The van der Waals surface area contributed by atoms with E-state index in [2.05, 4.69) is 20.4 Å². The summed E-state index contributed by atoms with van der Waals surface area (Å²) in [6, 6.07) is 6.99. The van der Waals surface area contributed by atoms with Crippen LogP contribution in [0.2, 0.25) is 0 Å². The molecule has 1 aliphatic rings. The molecule has 3 aromatic rings. The van der Waals surface area contributed by atoms with Gasteiger partial charge in [0.25, 0.3) is 10.0 Å². The quantitative estimate of drug-likeness (QED) is 0.650. The molecule has 1 fully saturated rings. The molecule has 134 valence electrons. The van der Waals surface area contributed by atoms with Gasteiger partial charge in [0, 0.05) is 29.4 Å². The highest BCUT2D eigenvalue weighted by Crippen LogP contribution is 2.39. The highest BCUT2D eigenvalue weighted by Gasteiger charge is 2.31. The van der Waals surface area contributed by atoms with Crippen molar-refractivity contribution in [3.05, 3.63) is 59.6 Å². The largest absolute Gasteiger partial charge is 0.286 e. The number of halogens is 1. The molecule has 7 nitrogen and oxygen atoms in total. The van der Waals surface area contributed by atoms with Gasteiger partial charge in [-0.2, -0.15) is 8.42 Å². The lowest BCUT2D eigenvalue weighted by Crippen LogP contribution is -2.37. The molecule has 0 aliphatic heterocycles. The number of hydrazine groups is 1. The van der Waals surface area contributed by atoms with E-state index in [-0.39, 0.29) is 11.1 Å². The predicted octanol–water partition coefficient (Wildman–Crippen LogP) is 3.17. The lowest BCUT2D eigenvalue weighted by Gasteiger charge is -2.22. The minimum absolute atomic E-state index is 0.115. The van der Waals surface area contributed by atoms with Gasteiger partial charge >= 0.3 is 0 Å². The van der Waals surface area contributed by atoms with E-state index in [1.165, 1.54) is 24.4 Å². The molecule has 2 aromatic heterocycles. The number of anilines is 2. The lowest BCUT2D eigenvalue weighted by atomic mass is 10.3. The third-order valence-electron chi connectivity index (χ3n) is 3.82. The van der Waals surface area contributed by atoms with Crippen LogP contribution < -0.4 is 9.84 Å². The van der Waals surface area contributed by atoms with Gasteiger partial charge in [-0.05, 0) is 31.0 Å². The first-order chi connectivity index (χ1) is 12.6. The van der Waals surface area contributed by atoms with Crippen LogP contribution in [0, 0.1) is 5.82 Å². The van der Waals surface area contributed by atoms with Crippen LogP contribution in [0.1, 0.15) is 24.5 Å². The zero-order valence-electron chi connectivity index (χ0n) is 13.4. The number of rotatable bonds is 6. The summed E-state index contributed by atoms with van der Waals surface area (Å²) in [5, 5.41) is 1.76. The summed E-state index contributed by atoms with van der Waals surface area (Å²) in [4.78, 5) is 12.0. The number of benzene rings is 1. The van der Waals surface area contributed by atoms with Crippen LogP contribution in [0.4, 0.5) is 15.5 Å². The maximum absolute atomic E-state index is 14.1. The Balaban J connectivity index is 1.74. The van der Waals surface area contributed by atoms with Gasteiger partial charge in [-0.1, -0.05) is 12.1 Å². The standard InChI is InChI=1S/C16H14FN5O2S2/c17-12-3-1-2-4-14(12)26(23,24)22(16-19-9-10-25-16)21-15-18-8-7-13(20-15)11-5-6-11/h1-4,7-11H,5-6H2,(H,18,20,21). The van der Waals surface area contributed by atoms with Gasteiger partial charge in [-0.15, -0.1) is 15.8 Å². The molecule has 0 spiro atoms. The molecule has 0 amide bonds. The van der Waals surface area contributed by atoms with Crippen LogP contribution in [-0.4, -0.2) is 23.4 Å². The third-order valence-corrected chi connectivity index (χ3v) is 6.33. The number of nitrogens with one attached hydrogen (secondary N) is 1. The first kappa shape index (κ1) is 16.9. The van der Waals surface area contributed by atoms with Crippen LogP contribution in [-0.2, 0) is 10.0 Å². The van der Waals surface area contributed by atoms with Gasteiger partial charge in [0.2, 0.25) is 11.1 Å². The van der Waals surface area contributed by atoms with Crippen molar-refractivity contribution >= 4 is 32.4 Å². The van der Waals surface area contributed by atoms with Gasteiger partial charge < -0.3 is 0 Å². The summed E-state index contributed by atoms with van der Waals surface area (Å²) >= 11 is 1.10. The zero-order valence-corrected chi connectivity index (χ0v) is 15.0. The Bertz CT molecular complexity index is 1020. The molecule has 4 rings (SSSR count). The first-order valence-electron chi connectivity index (χ1n) is 7.84. The topological polar surface area (TPSA) is 88.1 Å². The van der Waals surface area contributed by atoms with Crippen molar-refractivity contribution in [3.63, 3.8) is 0 Å². The van der Waals surface area contributed by atoms with Crippen molar-refractivity contribution in [2.75, 3.05) is 9.84 Å². The minimum atomic E-state index is -4.26. The van der Waals surface area contributed by atoms with Crippen molar-refractivity contribution in [3.8, 4) is 0 Å². The molecule has 0 saturated heterocycles. The average Bonchev–Trinajstić information content (AvgIpc) is 3.35. The van der Waals surface area contributed by atoms with Crippen molar-refractivity contribution < 1.29 is 12.8 Å². The van der Waals surface area contributed by atoms with E-state index in [1.54, 1.807) is 11.6 Å². The molecule has 0 atom stereocenters. The number of sulfonamides is 1. The molecule has 0 bridgehead atoms. The normalized spacial score (nSPS) is 14.2. The van der Waals surface area contributed by atoms with E-state index in [0.717, 1.165) is 40.4 Å². The second-order valence-corrected chi connectivity index (χ2v) is 8.33. The van der Waals surface area contributed by atoms with Gasteiger partial charge in [0.1, 0.15) is 10.7 Å². The van der Waals surface area contributed by atoms with Crippen LogP contribution >= 0.6 is 11.3 Å². The number of hydrogen-bond donors (Lipinski definition) is 1. The molecular formula is C16H14FN5O2S2. The second kappa shape index (κ2) is 6.61. The molecule has 26 heavy (non-hydrogen) atoms. The third kappa shape index (κ3) is 3.25. The van der Waals surface area contributed by atoms with Crippen molar-refractivity contribution in [2.24, 2.45) is 0 Å². The fraction of sp³-hybridized carbons (Fsp3) is 0.188. The molecule has 1 N–H and O–H groups in total. The molecular weight excluding hydrogens is 377 g/mol. The monoisotopic (exact) mass is 391 g/mol. The summed E-state index contributed by atoms with van der Waals surface area (Å²) in [5.74, 6) is -0.344. The molecule has 0 radical (unpaired) electrons. The smallest absolute Gasteiger partial charge is 0.249 e. The maximum atomic E-state index is 14.1. The predicted molar refractivity (Wildman–Crippen MR) is 95.8 cm³/mol. The number of aromatic nitrogens is 3. The highest BCUT2D eigenvalue weighted by molar-refractivity contribution is 7.93. The molecule has 1 aromatic carbocycles. The summed E-state index contributed by atoms with van der Waals surface area (Å²) < 4.78 is 41.0. The SMILES string of the molecule is O=S(=O)(c1ccccc1F)N(Nc1nccc(C2CC2)n1)c1nccs1. The molecule has 1 aliphatic carbocycles. The first-order valence-corrected chi connectivity index (χ1v) is 10.2.